The molecule has 1 N–H and O–H groups in total. The third-order valence-electron chi connectivity index (χ3n) is 2.41. The molecule has 0 amide bonds. The van der Waals surface area contributed by atoms with Crippen LogP contribution in [0.5, 0.6) is 0 Å². The van der Waals surface area contributed by atoms with Crippen LogP contribution in [0, 0.1) is 6.92 Å². The van der Waals surface area contributed by atoms with E-state index >= 15 is 0 Å². The minimum absolute atomic E-state index is 0.0481. The van der Waals surface area contributed by atoms with Gasteiger partial charge in [0, 0.05) is 10.0 Å². The van der Waals surface area contributed by atoms with Crippen molar-refractivity contribution in [3.8, 4) is 0 Å². The van der Waals surface area contributed by atoms with Gasteiger partial charge < -0.3 is 5.11 Å². The van der Waals surface area contributed by atoms with Crippen molar-refractivity contribution in [1.82, 2.24) is 0 Å². The summed E-state index contributed by atoms with van der Waals surface area (Å²) in [5.41, 5.74) is -5.71. The van der Waals surface area contributed by atoms with Gasteiger partial charge in [0.05, 0.1) is 0 Å². The van der Waals surface area contributed by atoms with E-state index in [0.717, 1.165) is 6.07 Å². The number of aliphatic hydroxyl groups is 1. The van der Waals surface area contributed by atoms with E-state index in [-0.39, 0.29) is 4.47 Å². The highest BCUT2D eigenvalue weighted by Crippen LogP contribution is 2.50. The van der Waals surface area contributed by atoms with E-state index in [1.54, 1.807) is 0 Å². The molecule has 0 atom stereocenters. The Kier molecular flexibility index (Phi) is 3.75. The molecule has 0 unspecified atom stereocenters. The molecule has 18 heavy (non-hydrogen) atoms. The largest absolute Gasteiger partial charge is 0.430 e. The van der Waals surface area contributed by atoms with Crippen molar-refractivity contribution in [3.05, 3.63) is 33.8 Å². The molecule has 0 aliphatic heterocycles. The van der Waals surface area contributed by atoms with Gasteiger partial charge in [-0.3, -0.25) is 0 Å². The minimum atomic E-state index is -5.86. The Hall–Kier alpha value is -0.760. The van der Waals surface area contributed by atoms with E-state index < -0.39 is 23.5 Å². The highest BCUT2D eigenvalue weighted by Gasteiger charge is 2.71. The summed E-state index contributed by atoms with van der Waals surface area (Å²) in [4.78, 5) is 0. The van der Waals surface area contributed by atoms with Crippen molar-refractivity contribution in [1.29, 1.82) is 0 Å². The third-order valence-corrected chi connectivity index (χ3v) is 3.26. The van der Waals surface area contributed by atoms with Gasteiger partial charge in [-0.05, 0) is 18.6 Å². The molecule has 0 spiro atoms. The van der Waals surface area contributed by atoms with Gasteiger partial charge in [0.15, 0.2) is 0 Å². The number of hydrogen-bond acceptors (Lipinski definition) is 1. The van der Waals surface area contributed by atoms with Crippen LogP contribution in [-0.4, -0.2) is 17.5 Å². The van der Waals surface area contributed by atoms with Gasteiger partial charge >= 0.3 is 12.4 Å². The summed E-state index contributed by atoms with van der Waals surface area (Å²) in [7, 11) is 0. The first-order valence-corrected chi connectivity index (χ1v) is 5.33. The highest BCUT2D eigenvalue weighted by molar-refractivity contribution is 9.10. The van der Waals surface area contributed by atoms with E-state index in [0.29, 0.717) is 17.7 Å². The molecule has 0 aliphatic carbocycles. The van der Waals surface area contributed by atoms with Crippen LogP contribution in [0.2, 0.25) is 0 Å². The normalized spacial score (nSPS) is 13.8. The maximum atomic E-state index is 12.5. The van der Waals surface area contributed by atoms with Crippen LogP contribution in [0.4, 0.5) is 26.3 Å². The van der Waals surface area contributed by atoms with E-state index in [4.69, 9.17) is 5.11 Å². The van der Waals surface area contributed by atoms with E-state index in [9.17, 15) is 26.3 Å². The first-order chi connectivity index (χ1) is 7.91. The Balaban J connectivity index is 3.51. The number of hydrogen-bond donors (Lipinski definition) is 1. The summed E-state index contributed by atoms with van der Waals surface area (Å²) >= 11 is 2.83. The summed E-state index contributed by atoms with van der Waals surface area (Å²) in [6.07, 6.45) is -11.7. The SMILES string of the molecule is Cc1ccc(C(O)(C(F)(F)F)C(F)(F)F)cc1Br. The Morgan fingerprint density at radius 1 is 1.00 bits per heavy atom. The standard InChI is InChI=1S/C10H7BrF6O/c1-5-2-3-6(4-7(5)11)8(18,9(12,13)14)10(15,16)17/h2-4,18H,1H3. The lowest BCUT2D eigenvalue weighted by atomic mass is 9.92. The molecule has 8 heteroatoms. The monoisotopic (exact) mass is 336 g/mol. The smallest absolute Gasteiger partial charge is 0.369 e. The van der Waals surface area contributed by atoms with Gasteiger partial charge in [-0.2, -0.15) is 26.3 Å². The molecule has 0 bridgehead atoms. The van der Waals surface area contributed by atoms with Crippen molar-refractivity contribution in [3.63, 3.8) is 0 Å². The molecule has 0 fully saturated rings. The fraction of sp³-hybridized carbons (Fsp3) is 0.400. The molecular weight excluding hydrogens is 330 g/mol. The van der Waals surface area contributed by atoms with Crippen molar-refractivity contribution >= 4 is 15.9 Å². The predicted octanol–water partition coefficient (Wildman–Crippen LogP) is 4.07. The van der Waals surface area contributed by atoms with Crippen molar-refractivity contribution < 1.29 is 31.4 Å². The second kappa shape index (κ2) is 4.41. The molecule has 102 valence electrons. The van der Waals surface area contributed by atoms with Gasteiger partial charge in [-0.1, -0.05) is 28.1 Å². The number of alkyl halides is 6. The second-order valence-electron chi connectivity index (χ2n) is 3.67. The number of benzene rings is 1. The molecule has 1 aromatic rings. The van der Waals surface area contributed by atoms with Crippen LogP contribution in [0.3, 0.4) is 0 Å². The Labute approximate surface area is 107 Å². The molecule has 1 rings (SSSR count). The van der Waals surface area contributed by atoms with Crippen molar-refractivity contribution in [2.45, 2.75) is 24.9 Å². The van der Waals surface area contributed by atoms with Crippen LogP contribution in [-0.2, 0) is 5.60 Å². The molecule has 0 aliphatic rings. The minimum Gasteiger partial charge on any atom is -0.369 e. The fourth-order valence-electron chi connectivity index (χ4n) is 1.31. The lowest BCUT2D eigenvalue weighted by molar-refractivity contribution is -0.376. The Bertz CT molecular complexity index is 437. The van der Waals surface area contributed by atoms with Gasteiger partial charge in [0.1, 0.15) is 0 Å². The number of halogens is 7. The molecular formula is C10H7BrF6O. The number of rotatable bonds is 1. The van der Waals surface area contributed by atoms with Crippen LogP contribution in [0.15, 0.2) is 22.7 Å². The molecule has 0 heterocycles. The van der Waals surface area contributed by atoms with Crippen molar-refractivity contribution in [2.24, 2.45) is 0 Å². The molecule has 0 aromatic heterocycles. The maximum absolute atomic E-state index is 12.5. The highest BCUT2D eigenvalue weighted by atomic mass is 79.9. The van der Waals surface area contributed by atoms with Crippen LogP contribution in [0.1, 0.15) is 11.1 Å². The van der Waals surface area contributed by atoms with E-state index in [1.807, 2.05) is 0 Å². The molecule has 0 saturated carbocycles. The second-order valence-corrected chi connectivity index (χ2v) is 4.52. The number of aryl methyl sites for hydroxylation is 1. The van der Waals surface area contributed by atoms with E-state index in [1.165, 1.54) is 6.92 Å². The average Bonchev–Trinajstić information content (AvgIpc) is 2.17. The van der Waals surface area contributed by atoms with Gasteiger partial charge in [0.2, 0.25) is 0 Å². The zero-order valence-electron chi connectivity index (χ0n) is 8.83. The first kappa shape index (κ1) is 15.3. The predicted molar refractivity (Wildman–Crippen MR) is 54.9 cm³/mol. The average molecular weight is 337 g/mol. The quantitative estimate of drug-likeness (QED) is 0.766. The molecule has 0 radical (unpaired) electrons. The van der Waals surface area contributed by atoms with Crippen molar-refractivity contribution in [2.75, 3.05) is 0 Å². The maximum Gasteiger partial charge on any atom is 0.430 e. The van der Waals surface area contributed by atoms with Crippen LogP contribution in [0.25, 0.3) is 0 Å². The lowest BCUT2D eigenvalue weighted by Crippen LogP contribution is -2.53. The van der Waals surface area contributed by atoms with Crippen LogP contribution < -0.4 is 0 Å². The molecule has 1 nitrogen and oxygen atoms in total. The zero-order valence-corrected chi connectivity index (χ0v) is 10.4. The molecule has 0 saturated heterocycles. The summed E-state index contributed by atoms with van der Waals surface area (Å²) in [6.45, 7) is 1.49. The first-order valence-electron chi connectivity index (χ1n) is 4.53. The van der Waals surface area contributed by atoms with Crippen LogP contribution >= 0.6 is 15.9 Å². The summed E-state index contributed by atoms with van der Waals surface area (Å²) in [5.74, 6) is 0. The van der Waals surface area contributed by atoms with E-state index in [2.05, 4.69) is 15.9 Å². The Morgan fingerprint density at radius 3 is 1.78 bits per heavy atom. The lowest BCUT2D eigenvalue weighted by Gasteiger charge is -2.32. The Morgan fingerprint density at radius 2 is 1.44 bits per heavy atom. The zero-order chi connectivity index (χ0) is 14.4. The fourth-order valence-corrected chi connectivity index (χ4v) is 1.68. The molecule has 1 aromatic carbocycles. The summed E-state index contributed by atoms with van der Waals surface area (Å²) in [6, 6.07) is 2.26. The van der Waals surface area contributed by atoms with Gasteiger partial charge in [0.25, 0.3) is 5.60 Å². The summed E-state index contributed by atoms with van der Waals surface area (Å²) < 4.78 is 75.2. The summed E-state index contributed by atoms with van der Waals surface area (Å²) in [5, 5.41) is 9.10. The third kappa shape index (κ3) is 2.35. The van der Waals surface area contributed by atoms with Gasteiger partial charge in [-0.25, -0.2) is 0 Å². The van der Waals surface area contributed by atoms with Gasteiger partial charge in [-0.15, -0.1) is 0 Å². The topological polar surface area (TPSA) is 20.2 Å².